The number of carbonyl (C=O) groups is 2. The predicted octanol–water partition coefficient (Wildman–Crippen LogP) is 1.86. The van der Waals surface area contributed by atoms with Gasteiger partial charge in [-0.2, -0.15) is 0 Å². The lowest BCUT2D eigenvalue weighted by Crippen LogP contribution is -2.45. The molecule has 1 saturated heterocycles. The minimum Gasteiger partial charge on any atom is -0.481 e. The van der Waals surface area contributed by atoms with Gasteiger partial charge in [-0.1, -0.05) is 13.3 Å². The molecule has 0 radical (unpaired) electrons. The van der Waals surface area contributed by atoms with Crippen LogP contribution in [0.2, 0.25) is 0 Å². The Bertz CT molecular complexity index is 520. The first-order chi connectivity index (χ1) is 10.0. The highest BCUT2D eigenvalue weighted by atomic mass is 16.5. The number of morpholine rings is 1. The number of carboxylic acid groups (broad SMARTS) is 1. The van der Waals surface area contributed by atoms with Crippen LogP contribution in [-0.4, -0.2) is 47.7 Å². The molecular formula is C15H21NO5. The number of ether oxygens (including phenoxy) is 1. The largest absolute Gasteiger partial charge is 0.481 e. The average molecular weight is 295 g/mol. The molecule has 1 aliphatic rings. The smallest absolute Gasteiger partial charge is 0.311 e. The Morgan fingerprint density at radius 1 is 1.48 bits per heavy atom. The van der Waals surface area contributed by atoms with Crippen molar-refractivity contribution in [3.05, 3.63) is 23.2 Å². The minimum absolute atomic E-state index is 0.0582. The zero-order valence-corrected chi connectivity index (χ0v) is 12.4. The van der Waals surface area contributed by atoms with Crippen LogP contribution in [0.3, 0.4) is 0 Å². The second kappa shape index (κ2) is 6.76. The molecule has 0 bridgehead atoms. The highest BCUT2D eigenvalue weighted by Crippen LogP contribution is 2.21. The van der Waals surface area contributed by atoms with E-state index in [0.717, 1.165) is 12.8 Å². The molecule has 1 aliphatic heterocycles. The predicted molar refractivity (Wildman–Crippen MR) is 75.3 cm³/mol. The molecule has 0 aliphatic carbocycles. The summed E-state index contributed by atoms with van der Waals surface area (Å²) < 4.78 is 10.9. The van der Waals surface area contributed by atoms with Crippen LogP contribution in [0.25, 0.3) is 0 Å². The summed E-state index contributed by atoms with van der Waals surface area (Å²) in [6.07, 6.45) is 3.13. The first-order valence-electron chi connectivity index (χ1n) is 7.22. The number of rotatable bonds is 5. The van der Waals surface area contributed by atoms with Crippen molar-refractivity contribution in [2.24, 2.45) is 0 Å². The SMILES string of the molecule is CCCC1CN(C(=O)c2c(C)coc2CC(=O)O)CCO1. The molecule has 0 spiro atoms. The summed E-state index contributed by atoms with van der Waals surface area (Å²) >= 11 is 0. The van der Waals surface area contributed by atoms with Gasteiger partial charge in [-0.05, 0) is 13.3 Å². The maximum absolute atomic E-state index is 12.7. The lowest BCUT2D eigenvalue weighted by Gasteiger charge is -2.33. The first kappa shape index (κ1) is 15.6. The van der Waals surface area contributed by atoms with Crippen LogP contribution < -0.4 is 0 Å². The Morgan fingerprint density at radius 3 is 2.90 bits per heavy atom. The molecule has 2 heterocycles. The fraction of sp³-hybridized carbons (Fsp3) is 0.600. The van der Waals surface area contributed by atoms with Gasteiger partial charge in [0.25, 0.3) is 5.91 Å². The molecule has 1 amide bonds. The number of aliphatic carboxylic acids is 1. The molecule has 116 valence electrons. The van der Waals surface area contributed by atoms with Crippen molar-refractivity contribution in [2.75, 3.05) is 19.7 Å². The van der Waals surface area contributed by atoms with E-state index in [1.165, 1.54) is 6.26 Å². The van der Waals surface area contributed by atoms with Gasteiger partial charge in [-0.25, -0.2) is 0 Å². The number of furan rings is 1. The summed E-state index contributed by atoms with van der Waals surface area (Å²) in [5.74, 6) is -0.949. The van der Waals surface area contributed by atoms with E-state index in [9.17, 15) is 9.59 Å². The number of aryl methyl sites for hydroxylation is 1. The maximum atomic E-state index is 12.7. The molecule has 1 aromatic rings. The number of hydrogen-bond donors (Lipinski definition) is 1. The molecule has 1 fully saturated rings. The lowest BCUT2D eigenvalue weighted by atomic mass is 10.1. The summed E-state index contributed by atoms with van der Waals surface area (Å²) in [4.78, 5) is 25.2. The average Bonchev–Trinajstić information content (AvgIpc) is 2.79. The molecule has 1 N–H and O–H groups in total. The van der Waals surface area contributed by atoms with Gasteiger partial charge in [0.05, 0.1) is 24.5 Å². The molecule has 1 unspecified atom stereocenters. The number of carbonyl (C=O) groups excluding carboxylic acids is 1. The van der Waals surface area contributed by atoms with Crippen molar-refractivity contribution in [2.45, 2.75) is 39.2 Å². The Hall–Kier alpha value is -1.82. The van der Waals surface area contributed by atoms with Gasteiger partial charge in [0, 0.05) is 18.7 Å². The standard InChI is InChI=1S/C15H21NO5/c1-3-4-11-8-16(5-6-20-11)15(19)14-10(2)9-21-12(14)7-13(17)18/h9,11H,3-8H2,1-2H3,(H,17,18). The lowest BCUT2D eigenvalue weighted by molar-refractivity contribution is -0.136. The van der Waals surface area contributed by atoms with Gasteiger partial charge in [-0.15, -0.1) is 0 Å². The van der Waals surface area contributed by atoms with E-state index in [0.29, 0.717) is 30.8 Å². The molecule has 21 heavy (non-hydrogen) atoms. The van der Waals surface area contributed by atoms with Crippen LogP contribution in [-0.2, 0) is 16.0 Å². The van der Waals surface area contributed by atoms with E-state index in [-0.39, 0.29) is 24.2 Å². The van der Waals surface area contributed by atoms with Crippen molar-refractivity contribution in [1.82, 2.24) is 4.90 Å². The highest BCUT2D eigenvalue weighted by molar-refractivity contribution is 5.97. The van der Waals surface area contributed by atoms with Crippen molar-refractivity contribution >= 4 is 11.9 Å². The third-order valence-corrected chi connectivity index (χ3v) is 3.61. The number of carboxylic acids is 1. The van der Waals surface area contributed by atoms with Gasteiger partial charge >= 0.3 is 5.97 Å². The van der Waals surface area contributed by atoms with Gasteiger partial charge < -0.3 is 19.2 Å². The zero-order valence-electron chi connectivity index (χ0n) is 12.4. The van der Waals surface area contributed by atoms with Gasteiger partial charge in [0.1, 0.15) is 12.2 Å². The Kier molecular flexibility index (Phi) is 5.01. The summed E-state index contributed by atoms with van der Waals surface area (Å²) in [5, 5.41) is 8.90. The van der Waals surface area contributed by atoms with E-state index < -0.39 is 5.97 Å². The minimum atomic E-state index is -1.01. The van der Waals surface area contributed by atoms with E-state index in [2.05, 4.69) is 6.92 Å². The number of hydrogen-bond acceptors (Lipinski definition) is 4. The molecule has 6 heteroatoms. The molecule has 0 saturated carbocycles. The van der Waals surface area contributed by atoms with Crippen LogP contribution in [0.1, 0.15) is 41.4 Å². The van der Waals surface area contributed by atoms with Gasteiger partial charge in [0.15, 0.2) is 0 Å². The summed E-state index contributed by atoms with van der Waals surface area (Å²) in [7, 11) is 0. The van der Waals surface area contributed by atoms with Crippen LogP contribution >= 0.6 is 0 Å². The number of amides is 1. The molecule has 2 rings (SSSR count). The fourth-order valence-corrected chi connectivity index (χ4v) is 2.61. The topological polar surface area (TPSA) is 80.0 Å². The zero-order chi connectivity index (χ0) is 15.4. The van der Waals surface area contributed by atoms with Crippen LogP contribution in [0.5, 0.6) is 0 Å². The highest BCUT2D eigenvalue weighted by Gasteiger charge is 2.29. The fourth-order valence-electron chi connectivity index (χ4n) is 2.61. The third-order valence-electron chi connectivity index (χ3n) is 3.61. The normalized spacial score (nSPS) is 18.8. The Balaban J connectivity index is 2.15. The van der Waals surface area contributed by atoms with Gasteiger partial charge in [-0.3, -0.25) is 9.59 Å². The molecular weight excluding hydrogens is 274 g/mol. The van der Waals surface area contributed by atoms with E-state index in [1.54, 1.807) is 11.8 Å². The van der Waals surface area contributed by atoms with Crippen LogP contribution in [0.4, 0.5) is 0 Å². The van der Waals surface area contributed by atoms with E-state index >= 15 is 0 Å². The first-order valence-corrected chi connectivity index (χ1v) is 7.22. The van der Waals surface area contributed by atoms with Crippen molar-refractivity contribution in [1.29, 1.82) is 0 Å². The van der Waals surface area contributed by atoms with Gasteiger partial charge in [0.2, 0.25) is 0 Å². The quantitative estimate of drug-likeness (QED) is 0.896. The van der Waals surface area contributed by atoms with E-state index in [1.807, 2.05) is 0 Å². The monoisotopic (exact) mass is 295 g/mol. The second-order valence-corrected chi connectivity index (χ2v) is 5.32. The second-order valence-electron chi connectivity index (χ2n) is 5.32. The maximum Gasteiger partial charge on any atom is 0.311 e. The molecule has 1 aromatic heterocycles. The Morgan fingerprint density at radius 2 is 2.24 bits per heavy atom. The van der Waals surface area contributed by atoms with Crippen molar-refractivity contribution in [3.8, 4) is 0 Å². The molecule has 0 aromatic carbocycles. The Labute approximate surface area is 123 Å². The van der Waals surface area contributed by atoms with Crippen LogP contribution in [0, 0.1) is 6.92 Å². The molecule has 6 nitrogen and oxygen atoms in total. The summed E-state index contributed by atoms with van der Waals surface area (Å²) in [6, 6.07) is 0. The summed E-state index contributed by atoms with van der Waals surface area (Å²) in [5.41, 5.74) is 1.06. The number of nitrogens with zero attached hydrogens (tertiary/aromatic N) is 1. The summed E-state index contributed by atoms with van der Waals surface area (Å²) in [6.45, 7) is 5.42. The molecule has 1 atom stereocenters. The van der Waals surface area contributed by atoms with E-state index in [4.69, 9.17) is 14.3 Å². The van der Waals surface area contributed by atoms with Crippen LogP contribution in [0.15, 0.2) is 10.7 Å². The van der Waals surface area contributed by atoms with Crippen molar-refractivity contribution in [3.63, 3.8) is 0 Å². The third kappa shape index (κ3) is 3.64. The van der Waals surface area contributed by atoms with Crippen molar-refractivity contribution < 1.29 is 23.8 Å².